The lowest BCUT2D eigenvalue weighted by atomic mass is 9.79. The van der Waals surface area contributed by atoms with Crippen LogP contribution in [0.4, 0.5) is 0 Å². The molecule has 0 aliphatic heterocycles. The summed E-state index contributed by atoms with van der Waals surface area (Å²) in [7, 11) is 0. The van der Waals surface area contributed by atoms with Gasteiger partial charge in [-0.25, -0.2) is 0 Å². The highest BCUT2D eigenvalue weighted by Gasteiger charge is 2.39. The van der Waals surface area contributed by atoms with Gasteiger partial charge in [-0.2, -0.15) is 0 Å². The molecule has 0 amide bonds. The van der Waals surface area contributed by atoms with E-state index in [1.807, 2.05) is 0 Å². The fourth-order valence-corrected chi connectivity index (χ4v) is 12.3. The van der Waals surface area contributed by atoms with Crippen LogP contribution in [0.25, 0.3) is 99.4 Å². The van der Waals surface area contributed by atoms with E-state index in [0.717, 1.165) is 0 Å². The Morgan fingerprint density at radius 2 is 0.561 bits per heavy atom. The van der Waals surface area contributed by atoms with Gasteiger partial charge in [-0.15, -0.1) is 0 Å². The molecular weight excluding hydrogens is 793 g/mol. The van der Waals surface area contributed by atoms with Gasteiger partial charge in [0.05, 0.1) is 0 Å². The lowest BCUT2D eigenvalue weighted by Gasteiger charge is -2.24. The van der Waals surface area contributed by atoms with Gasteiger partial charge >= 0.3 is 0 Å². The topological polar surface area (TPSA) is 0 Å². The fraction of sp³-hybridized carbons (Fsp3) is 0.152. The van der Waals surface area contributed by atoms with Crippen LogP contribution in [0.3, 0.4) is 0 Å². The molecule has 0 heterocycles. The highest BCUT2D eigenvalue weighted by Crippen LogP contribution is 2.55. The summed E-state index contributed by atoms with van der Waals surface area (Å²) in [6, 6.07) is 71.8. The normalized spacial score (nSPS) is 15.3. The van der Waals surface area contributed by atoms with E-state index in [9.17, 15) is 0 Å². The van der Waals surface area contributed by atoms with Crippen molar-refractivity contribution in [1.29, 1.82) is 0 Å². The summed E-state index contributed by atoms with van der Waals surface area (Å²) in [5.74, 6) is 0. The zero-order valence-corrected chi connectivity index (χ0v) is 38.9. The van der Waals surface area contributed by atoms with Gasteiger partial charge in [-0.05, 0) is 194 Å². The van der Waals surface area contributed by atoms with Crippen molar-refractivity contribution in [3.63, 3.8) is 0 Å². The van der Waals surface area contributed by atoms with Crippen molar-refractivity contribution in [3.05, 3.63) is 227 Å². The molecule has 10 aromatic carbocycles. The predicted molar refractivity (Wildman–Crippen MR) is 281 cm³/mol. The summed E-state index contributed by atoms with van der Waals surface area (Å²) < 4.78 is 0. The lowest BCUT2D eigenvalue weighted by Crippen LogP contribution is -2.16. The van der Waals surface area contributed by atoms with Crippen molar-refractivity contribution in [1.82, 2.24) is 0 Å². The van der Waals surface area contributed by atoms with Crippen molar-refractivity contribution in [2.45, 2.75) is 64.7 Å². The smallest absolute Gasteiger partial charge is 0.0159 e. The highest BCUT2D eigenvalue weighted by molar-refractivity contribution is 5.95. The molecule has 0 radical (unpaired) electrons. The van der Waals surface area contributed by atoms with Gasteiger partial charge in [0.2, 0.25) is 0 Å². The first kappa shape index (κ1) is 39.1. The lowest BCUT2D eigenvalue weighted by molar-refractivity contribution is 0.659. The minimum atomic E-state index is -0.146. The summed E-state index contributed by atoms with van der Waals surface area (Å²) >= 11 is 0. The minimum absolute atomic E-state index is 0.0220. The quantitative estimate of drug-likeness (QED) is 0.166. The van der Waals surface area contributed by atoms with E-state index >= 15 is 0 Å². The Labute approximate surface area is 389 Å². The highest BCUT2D eigenvalue weighted by atomic mass is 14.4. The van der Waals surface area contributed by atoms with Crippen molar-refractivity contribution in [2.75, 3.05) is 0 Å². The molecule has 0 fully saturated rings. The van der Waals surface area contributed by atoms with E-state index in [-0.39, 0.29) is 16.2 Å². The molecule has 0 spiro atoms. The molecule has 0 nitrogen and oxygen atoms in total. The third-order valence-electron chi connectivity index (χ3n) is 16.2. The van der Waals surface area contributed by atoms with Gasteiger partial charge in [-0.1, -0.05) is 181 Å². The van der Waals surface area contributed by atoms with Crippen LogP contribution in [-0.4, -0.2) is 0 Å². The number of benzene rings is 10. The second-order valence-corrected chi connectivity index (χ2v) is 21.0. The van der Waals surface area contributed by atoms with Crippen LogP contribution in [0.15, 0.2) is 188 Å². The average Bonchev–Trinajstić information content (AvgIpc) is 3.81. The van der Waals surface area contributed by atoms with E-state index < -0.39 is 0 Å². The van der Waals surface area contributed by atoms with E-state index in [1.54, 1.807) is 0 Å². The average molecular weight is 845 g/mol. The van der Waals surface area contributed by atoms with Crippen LogP contribution < -0.4 is 0 Å². The Morgan fingerprint density at radius 3 is 1.09 bits per heavy atom. The first-order chi connectivity index (χ1) is 31.8. The SMILES string of the molecule is Cc1cc2c(cc1-c1ccc3cc(-c4ccc5ccccc5c4)ccc3c1)C(C)(C)c1cc(-c3ccc4c(c3)C(C)(C)c3cc(-c5ccc6c(c5)C(C)(C)c5ccccc5-6)ccc3-4)ccc1-2. The Morgan fingerprint density at radius 1 is 0.227 bits per heavy atom. The molecule has 0 heteroatoms. The Balaban J connectivity index is 0.801. The number of hydrogen-bond donors (Lipinski definition) is 0. The molecule has 3 aliphatic carbocycles. The molecule has 0 atom stereocenters. The number of fused-ring (bicyclic) bond motifs is 11. The maximum absolute atomic E-state index is 2.49. The summed E-state index contributed by atoms with van der Waals surface area (Å²) in [6.45, 7) is 16.7. The van der Waals surface area contributed by atoms with Gasteiger partial charge in [0.15, 0.2) is 0 Å². The fourth-order valence-electron chi connectivity index (χ4n) is 12.3. The van der Waals surface area contributed by atoms with E-state index in [4.69, 9.17) is 0 Å². The van der Waals surface area contributed by atoms with Crippen molar-refractivity contribution in [2.24, 2.45) is 0 Å². The second-order valence-electron chi connectivity index (χ2n) is 21.0. The zero-order chi connectivity index (χ0) is 44.9. The number of aryl methyl sites for hydroxylation is 1. The number of hydrogen-bond acceptors (Lipinski definition) is 0. The van der Waals surface area contributed by atoms with Crippen LogP contribution in [-0.2, 0) is 16.2 Å². The maximum atomic E-state index is 2.49. The Hall–Kier alpha value is -7.28. The monoisotopic (exact) mass is 844 g/mol. The molecule has 0 saturated carbocycles. The van der Waals surface area contributed by atoms with Crippen LogP contribution in [0, 0.1) is 6.92 Å². The first-order valence-corrected chi connectivity index (χ1v) is 23.7. The van der Waals surface area contributed by atoms with Gasteiger partial charge < -0.3 is 0 Å². The molecule has 0 aromatic heterocycles. The summed E-state index contributed by atoms with van der Waals surface area (Å²) in [5, 5.41) is 5.07. The van der Waals surface area contributed by atoms with Crippen molar-refractivity contribution < 1.29 is 0 Å². The first-order valence-electron chi connectivity index (χ1n) is 23.7. The third kappa shape index (κ3) is 5.58. The number of rotatable bonds is 4. The van der Waals surface area contributed by atoms with Gasteiger partial charge in [-0.3, -0.25) is 0 Å². The van der Waals surface area contributed by atoms with E-state index in [2.05, 4.69) is 237 Å². The molecule has 0 bridgehead atoms. The standard InChI is InChI=1S/C66H52/c1-39-30-57-55-29-25-49(37-62(55)66(6,7)63(57)38-56(39)50-21-20-44-32-43(18-19-45(44)33-50)42-17-16-40-12-8-9-13-41(40)31-42)48-24-28-54-53-27-23-47(35-60(53)65(4,5)61(54)36-48)46-22-26-52-51-14-10-11-15-58(51)64(2,3)59(52)34-46/h8-38H,1-7H3. The van der Waals surface area contributed by atoms with Crippen molar-refractivity contribution in [3.8, 4) is 77.9 Å². The molecule has 316 valence electrons. The van der Waals surface area contributed by atoms with Gasteiger partial charge in [0.25, 0.3) is 0 Å². The summed E-state index contributed by atoms with van der Waals surface area (Å²) in [6.07, 6.45) is 0. The van der Waals surface area contributed by atoms with Crippen LogP contribution in [0.5, 0.6) is 0 Å². The third-order valence-corrected chi connectivity index (χ3v) is 16.2. The predicted octanol–water partition coefficient (Wildman–Crippen LogP) is 17.9. The van der Waals surface area contributed by atoms with Gasteiger partial charge in [0, 0.05) is 16.2 Å². The molecule has 0 N–H and O–H groups in total. The summed E-state index contributed by atoms with van der Waals surface area (Å²) in [4.78, 5) is 0. The van der Waals surface area contributed by atoms with Crippen LogP contribution >= 0.6 is 0 Å². The van der Waals surface area contributed by atoms with E-state index in [0.29, 0.717) is 0 Å². The van der Waals surface area contributed by atoms with Crippen LogP contribution in [0.1, 0.15) is 80.5 Å². The molecule has 0 unspecified atom stereocenters. The van der Waals surface area contributed by atoms with E-state index in [1.165, 1.54) is 138 Å². The molecule has 3 aliphatic rings. The molecule has 66 heavy (non-hydrogen) atoms. The van der Waals surface area contributed by atoms with Crippen molar-refractivity contribution >= 4 is 21.5 Å². The van der Waals surface area contributed by atoms with Crippen LogP contribution in [0.2, 0.25) is 0 Å². The second kappa shape index (κ2) is 13.6. The molecular formula is C66H52. The maximum Gasteiger partial charge on any atom is 0.0159 e. The molecule has 10 aromatic rings. The minimum Gasteiger partial charge on any atom is -0.0619 e. The largest absolute Gasteiger partial charge is 0.0619 e. The molecule has 13 rings (SSSR count). The Kier molecular flexibility index (Phi) is 8.08. The Bertz CT molecular complexity index is 3740. The molecule has 0 saturated heterocycles. The zero-order valence-electron chi connectivity index (χ0n) is 38.9. The van der Waals surface area contributed by atoms with Gasteiger partial charge in [0.1, 0.15) is 0 Å². The summed E-state index contributed by atoms with van der Waals surface area (Å²) in [5.41, 5.74) is 27.8.